The summed E-state index contributed by atoms with van der Waals surface area (Å²) in [5.41, 5.74) is 4.36. The lowest BCUT2D eigenvalue weighted by atomic mass is 9.87. The van der Waals surface area contributed by atoms with Crippen LogP contribution in [0.15, 0.2) is 65.2 Å². The summed E-state index contributed by atoms with van der Waals surface area (Å²) in [7, 11) is 1.61. The van der Waals surface area contributed by atoms with Crippen LogP contribution >= 0.6 is 0 Å². The molecule has 1 aromatic heterocycles. The van der Waals surface area contributed by atoms with Crippen LogP contribution in [0.3, 0.4) is 0 Å². The van der Waals surface area contributed by atoms with Gasteiger partial charge in [0.05, 0.1) is 42.5 Å². The SMILES string of the molecule is CC/C(C)=C(\C=C\c1ccc(-n2cnc(C)c2)c(OC)c1)/N=C1\NCC[C@@H](O)[C@@H]1c1cc(F)c(F)c(F)c1. The van der Waals surface area contributed by atoms with Crippen molar-refractivity contribution >= 4 is 11.9 Å². The van der Waals surface area contributed by atoms with Crippen molar-refractivity contribution in [1.82, 2.24) is 14.9 Å². The average Bonchev–Trinajstić information content (AvgIpc) is 3.34. The number of aryl methyl sites for hydroxylation is 1. The van der Waals surface area contributed by atoms with Crippen molar-refractivity contribution in [2.75, 3.05) is 13.7 Å². The van der Waals surface area contributed by atoms with Crippen LogP contribution in [0.1, 0.15) is 49.4 Å². The minimum Gasteiger partial charge on any atom is -0.495 e. The molecule has 0 bridgehead atoms. The number of piperidine rings is 1. The van der Waals surface area contributed by atoms with Crippen molar-refractivity contribution in [3.63, 3.8) is 0 Å². The van der Waals surface area contributed by atoms with Crippen LogP contribution in [0, 0.1) is 24.4 Å². The maximum absolute atomic E-state index is 14.0. The Kier molecular flexibility index (Phi) is 8.36. The Bertz CT molecular complexity index is 1390. The molecule has 38 heavy (non-hydrogen) atoms. The molecule has 1 aliphatic heterocycles. The van der Waals surface area contributed by atoms with Crippen molar-refractivity contribution < 1.29 is 23.0 Å². The predicted molar refractivity (Wildman–Crippen MR) is 142 cm³/mol. The van der Waals surface area contributed by atoms with E-state index in [1.807, 2.05) is 61.9 Å². The summed E-state index contributed by atoms with van der Waals surface area (Å²) >= 11 is 0. The van der Waals surface area contributed by atoms with E-state index in [0.717, 1.165) is 34.7 Å². The number of nitrogens with one attached hydrogen (secondary N) is 1. The normalized spacial score (nSPS) is 19.5. The van der Waals surface area contributed by atoms with E-state index in [1.54, 1.807) is 13.4 Å². The Balaban J connectivity index is 1.69. The van der Waals surface area contributed by atoms with E-state index < -0.39 is 29.5 Å². The maximum atomic E-state index is 14.0. The van der Waals surface area contributed by atoms with Gasteiger partial charge in [-0.2, -0.15) is 0 Å². The highest BCUT2D eigenvalue weighted by Gasteiger charge is 2.32. The van der Waals surface area contributed by atoms with Crippen molar-refractivity contribution in [1.29, 1.82) is 0 Å². The topological polar surface area (TPSA) is 71.7 Å². The highest BCUT2D eigenvalue weighted by molar-refractivity contribution is 5.91. The van der Waals surface area contributed by atoms with Crippen LogP contribution in [0.2, 0.25) is 0 Å². The zero-order valence-electron chi connectivity index (χ0n) is 21.8. The van der Waals surface area contributed by atoms with Crippen LogP contribution in [-0.4, -0.2) is 40.3 Å². The van der Waals surface area contributed by atoms with Gasteiger partial charge in [-0.05, 0) is 73.7 Å². The molecule has 2 N–H and O–H groups in total. The molecule has 1 fully saturated rings. The standard InChI is InChI=1S/C29H31F3N4O2/c1-5-17(2)23(8-6-19-7-9-24(26(12-19)38-4)36-15-18(3)34-16-36)35-29-27(25(37)10-11-33-29)20-13-21(30)28(32)22(31)14-20/h6-9,12-16,25,27,37H,5,10-11H2,1-4H3,(H,33,35)/b8-6+,23-17+/t25-,27+/m1/s1. The zero-order valence-corrected chi connectivity index (χ0v) is 21.8. The minimum atomic E-state index is -1.54. The fraction of sp³-hybridized carbons (Fsp3) is 0.310. The first-order valence-corrected chi connectivity index (χ1v) is 12.4. The van der Waals surface area contributed by atoms with Crippen molar-refractivity contribution in [2.24, 2.45) is 4.99 Å². The second-order valence-corrected chi connectivity index (χ2v) is 9.26. The monoisotopic (exact) mass is 524 g/mol. The van der Waals surface area contributed by atoms with Gasteiger partial charge in [0.2, 0.25) is 0 Å². The highest BCUT2D eigenvalue weighted by Crippen LogP contribution is 2.30. The van der Waals surface area contributed by atoms with Crippen molar-refractivity contribution in [2.45, 2.75) is 45.6 Å². The summed E-state index contributed by atoms with van der Waals surface area (Å²) in [4.78, 5) is 9.05. The van der Waals surface area contributed by atoms with E-state index in [9.17, 15) is 18.3 Å². The molecular formula is C29H31F3N4O2. The van der Waals surface area contributed by atoms with Crippen LogP contribution in [0.25, 0.3) is 11.8 Å². The molecule has 2 heterocycles. The number of aromatic nitrogens is 2. The Labute approximate surface area is 220 Å². The van der Waals surface area contributed by atoms with E-state index in [4.69, 9.17) is 9.73 Å². The first-order chi connectivity index (χ1) is 18.2. The Hall–Kier alpha value is -3.85. The fourth-order valence-corrected chi connectivity index (χ4v) is 4.38. The number of hydrogen-bond donors (Lipinski definition) is 2. The number of amidine groups is 1. The third-order valence-corrected chi connectivity index (χ3v) is 6.63. The van der Waals surface area contributed by atoms with E-state index in [1.165, 1.54) is 0 Å². The molecule has 6 nitrogen and oxygen atoms in total. The van der Waals surface area contributed by atoms with Crippen molar-refractivity contribution in [3.8, 4) is 11.4 Å². The van der Waals surface area contributed by atoms with Gasteiger partial charge in [0.25, 0.3) is 0 Å². The van der Waals surface area contributed by atoms with Crippen LogP contribution in [0.4, 0.5) is 13.2 Å². The smallest absolute Gasteiger partial charge is 0.194 e. The molecule has 2 aromatic carbocycles. The summed E-state index contributed by atoms with van der Waals surface area (Å²) in [5, 5.41) is 13.9. The molecule has 200 valence electrons. The molecule has 0 radical (unpaired) electrons. The summed E-state index contributed by atoms with van der Waals surface area (Å²) in [6.45, 7) is 6.30. The molecule has 0 aliphatic carbocycles. The van der Waals surface area contributed by atoms with Gasteiger partial charge >= 0.3 is 0 Å². The molecule has 4 rings (SSSR count). The van der Waals surface area contributed by atoms with Gasteiger partial charge in [-0.3, -0.25) is 0 Å². The summed E-state index contributed by atoms with van der Waals surface area (Å²) in [6, 6.07) is 7.62. The van der Waals surface area contributed by atoms with Gasteiger partial charge in [0, 0.05) is 12.7 Å². The number of rotatable bonds is 7. The summed E-state index contributed by atoms with van der Waals surface area (Å²) in [5.74, 6) is -3.95. The number of aliphatic hydroxyl groups is 1. The molecule has 0 saturated carbocycles. The quantitative estimate of drug-likeness (QED) is 0.301. The number of halogens is 3. The second kappa shape index (κ2) is 11.7. The van der Waals surface area contributed by atoms with Crippen LogP contribution in [-0.2, 0) is 0 Å². The highest BCUT2D eigenvalue weighted by atomic mass is 19.2. The number of benzene rings is 2. The number of methoxy groups -OCH3 is 1. The molecule has 1 aliphatic rings. The molecular weight excluding hydrogens is 493 g/mol. The van der Waals surface area contributed by atoms with Gasteiger partial charge in [0.15, 0.2) is 17.5 Å². The molecule has 0 spiro atoms. The maximum Gasteiger partial charge on any atom is 0.194 e. The van der Waals surface area contributed by atoms with E-state index in [-0.39, 0.29) is 5.56 Å². The number of aliphatic hydroxyl groups excluding tert-OH is 1. The number of hydrogen-bond acceptors (Lipinski definition) is 4. The minimum absolute atomic E-state index is 0.118. The lowest BCUT2D eigenvalue weighted by Gasteiger charge is -2.31. The third-order valence-electron chi connectivity index (χ3n) is 6.63. The molecule has 2 atom stereocenters. The fourth-order valence-electron chi connectivity index (χ4n) is 4.38. The number of aliphatic imine (C=N–C) groups is 1. The van der Waals surface area contributed by atoms with E-state index >= 15 is 0 Å². The largest absolute Gasteiger partial charge is 0.495 e. The Morgan fingerprint density at radius 3 is 2.61 bits per heavy atom. The predicted octanol–water partition coefficient (Wildman–Crippen LogP) is 5.84. The second-order valence-electron chi connectivity index (χ2n) is 9.26. The third kappa shape index (κ3) is 5.83. The lowest BCUT2D eigenvalue weighted by Crippen LogP contribution is -2.43. The van der Waals surface area contributed by atoms with Gasteiger partial charge in [-0.25, -0.2) is 23.1 Å². The number of imidazole rings is 1. The summed E-state index contributed by atoms with van der Waals surface area (Å²) in [6.07, 6.45) is 7.53. The Morgan fingerprint density at radius 2 is 1.97 bits per heavy atom. The van der Waals surface area contributed by atoms with Crippen LogP contribution in [0.5, 0.6) is 5.75 Å². The molecule has 9 heteroatoms. The van der Waals surface area contributed by atoms with Gasteiger partial charge in [-0.15, -0.1) is 0 Å². The van der Waals surface area contributed by atoms with Gasteiger partial charge < -0.3 is 19.7 Å². The van der Waals surface area contributed by atoms with E-state index in [0.29, 0.717) is 36.7 Å². The van der Waals surface area contributed by atoms with Gasteiger partial charge in [0.1, 0.15) is 11.6 Å². The van der Waals surface area contributed by atoms with Gasteiger partial charge in [-0.1, -0.05) is 19.1 Å². The summed E-state index contributed by atoms with van der Waals surface area (Å²) < 4.78 is 49.1. The molecule has 0 unspecified atom stereocenters. The average molecular weight is 525 g/mol. The van der Waals surface area contributed by atoms with Crippen LogP contribution < -0.4 is 10.1 Å². The first-order valence-electron chi connectivity index (χ1n) is 12.4. The number of nitrogens with zero attached hydrogens (tertiary/aromatic N) is 3. The van der Waals surface area contributed by atoms with Crippen molar-refractivity contribution in [3.05, 3.63) is 94.5 Å². The molecule has 0 amide bonds. The number of ether oxygens (including phenoxy) is 1. The number of allylic oxidation sites excluding steroid dienone is 2. The van der Waals surface area contributed by atoms with E-state index in [2.05, 4.69) is 10.3 Å². The first kappa shape index (κ1) is 27.2. The Morgan fingerprint density at radius 1 is 1.24 bits per heavy atom. The lowest BCUT2D eigenvalue weighted by molar-refractivity contribution is 0.146. The molecule has 1 saturated heterocycles. The zero-order chi connectivity index (χ0) is 27.4. The molecule has 3 aromatic rings.